The average molecular weight is 443 g/mol. The van der Waals surface area contributed by atoms with E-state index in [0.717, 1.165) is 23.4 Å². The average Bonchev–Trinajstić information content (AvgIpc) is 2.85. The van der Waals surface area contributed by atoms with Crippen molar-refractivity contribution in [1.29, 1.82) is 0 Å². The highest BCUT2D eigenvalue weighted by Crippen LogP contribution is 2.15. The van der Waals surface area contributed by atoms with Gasteiger partial charge in [-0.05, 0) is 53.9 Å². The zero-order valence-electron chi connectivity index (χ0n) is 18.5. The van der Waals surface area contributed by atoms with Crippen LogP contribution in [0.3, 0.4) is 0 Å². The van der Waals surface area contributed by atoms with E-state index in [2.05, 4.69) is 17.2 Å². The summed E-state index contributed by atoms with van der Waals surface area (Å²) in [6.45, 7) is 3.64. The van der Waals surface area contributed by atoms with Crippen LogP contribution in [0, 0.1) is 0 Å². The van der Waals surface area contributed by atoms with E-state index < -0.39 is 11.8 Å². The van der Waals surface area contributed by atoms with Crippen LogP contribution in [0.4, 0.5) is 5.69 Å². The second kappa shape index (κ2) is 10.1. The van der Waals surface area contributed by atoms with E-state index in [4.69, 9.17) is 0 Å². The minimum Gasteiger partial charge on any atom is -0.328 e. The third-order valence-corrected chi connectivity index (χ3v) is 5.69. The number of aryl methyl sites for hydroxylation is 1. The van der Waals surface area contributed by atoms with Crippen LogP contribution in [-0.4, -0.2) is 45.6 Å². The van der Waals surface area contributed by atoms with E-state index in [0.29, 0.717) is 31.7 Å². The zero-order valence-corrected chi connectivity index (χ0v) is 18.5. The molecule has 4 rings (SSSR count). The lowest BCUT2D eigenvalue weighted by Gasteiger charge is -2.33. The monoisotopic (exact) mass is 442 g/mol. The third kappa shape index (κ3) is 5.44. The van der Waals surface area contributed by atoms with Gasteiger partial charge in [0.1, 0.15) is 0 Å². The van der Waals surface area contributed by atoms with Crippen LogP contribution >= 0.6 is 0 Å². The first-order valence-corrected chi connectivity index (χ1v) is 11.0. The molecule has 0 atom stereocenters. The SMILES string of the molecule is CCc1ccc(NC(=O)c2ccc(CN3CCN(Cc4ccccn4)C(=O)C3=O)cc2)cc1. The molecule has 0 bridgehead atoms. The molecule has 3 aromatic rings. The van der Waals surface area contributed by atoms with Crippen molar-refractivity contribution in [1.82, 2.24) is 14.8 Å². The summed E-state index contributed by atoms with van der Waals surface area (Å²) in [6, 6.07) is 20.4. The van der Waals surface area contributed by atoms with Gasteiger partial charge >= 0.3 is 11.8 Å². The number of piperazine rings is 1. The molecule has 0 unspecified atom stereocenters. The maximum atomic E-state index is 12.6. The fourth-order valence-electron chi connectivity index (χ4n) is 3.71. The summed E-state index contributed by atoms with van der Waals surface area (Å²) in [5.41, 5.74) is 4.10. The highest BCUT2D eigenvalue weighted by molar-refractivity contribution is 6.35. The van der Waals surface area contributed by atoms with Crippen LogP contribution in [-0.2, 0) is 29.1 Å². The van der Waals surface area contributed by atoms with E-state index in [9.17, 15) is 14.4 Å². The number of amides is 3. The summed E-state index contributed by atoms with van der Waals surface area (Å²) in [6.07, 6.45) is 2.62. The summed E-state index contributed by atoms with van der Waals surface area (Å²) in [5.74, 6) is -1.23. The lowest BCUT2D eigenvalue weighted by molar-refractivity contribution is -0.156. The second-order valence-corrected chi connectivity index (χ2v) is 7.98. The van der Waals surface area contributed by atoms with Crippen LogP contribution < -0.4 is 5.32 Å². The molecule has 0 aliphatic carbocycles. The fraction of sp³-hybridized carbons (Fsp3) is 0.231. The van der Waals surface area contributed by atoms with Gasteiger partial charge in [-0.15, -0.1) is 0 Å². The van der Waals surface area contributed by atoms with E-state index in [1.165, 1.54) is 10.5 Å². The molecule has 7 heteroatoms. The molecule has 0 saturated carbocycles. The standard InChI is InChI=1S/C26H26N4O3/c1-2-19-8-12-22(13-9-19)28-24(31)21-10-6-20(7-11-21)17-29-15-16-30(26(33)25(29)32)18-23-5-3-4-14-27-23/h3-14H,2,15-18H2,1H3,(H,28,31). The lowest BCUT2D eigenvalue weighted by Crippen LogP contribution is -2.53. The number of rotatable bonds is 7. The summed E-state index contributed by atoms with van der Waals surface area (Å²) < 4.78 is 0. The summed E-state index contributed by atoms with van der Waals surface area (Å²) in [4.78, 5) is 45.0. The molecular weight excluding hydrogens is 416 g/mol. The van der Waals surface area contributed by atoms with E-state index in [-0.39, 0.29) is 5.91 Å². The van der Waals surface area contributed by atoms with Crippen molar-refractivity contribution in [3.05, 3.63) is 95.3 Å². The number of anilines is 1. The van der Waals surface area contributed by atoms with Crippen LogP contribution in [0.1, 0.15) is 34.1 Å². The Morgan fingerprint density at radius 1 is 0.848 bits per heavy atom. The molecule has 0 spiro atoms. The number of nitrogens with one attached hydrogen (secondary N) is 1. The molecule has 1 aromatic heterocycles. The van der Waals surface area contributed by atoms with E-state index >= 15 is 0 Å². The van der Waals surface area contributed by atoms with Gasteiger partial charge in [-0.2, -0.15) is 0 Å². The lowest BCUT2D eigenvalue weighted by atomic mass is 10.1. The molecule has 1 fully saturated rings. The van der Waals surface area contributed by atoms with Gasteiger partial charge in [0.25, 0.3) is 5.91 Å². The molecule has 2 heterocycles. The van der Waals surface area contributed by atoms with Crippen molar-refractivity contribution in [2.75, 3.05) is 18.4 Å². The number of carbonyl (C=O) groups excluding carboxylic acids is 3. The van der Waals surface area contributed by atoms with Crippen molar-refractivity contribution in [3.63, 3.8) is 0 Å². The number of nitrogens with zero attached hydrogens (tertiary/aromatic N) is 3. The molecule has 2 aromatic carbocycles. The summed E-state index contributed by atoms with van der Waals surface area (Å²) >= 11 is 0. The zero-order chi connectivity index (χ0) is 23.2. The highest BCUT2D eigenvalue weighted by atomic mass is 16.2. The molecule has 33 heavy (non-hydrogen) atoms. The van der Waals surface area contributed by atoms with Crippen molar-refractivity contribution < 1.29 is 14.4 Å². The number of hydrogen-bond acceptors (Lipinski definition) is 4. The van der Waals surface area contributed by atoms with Crippen LogP contribution in [0.2, 0.25) is 0 Å². The fourth-order valence-corrected chi connectivity index (χ4v) is 3.71. The van der Waals surface area contributed by atoms with Gasteiger partial charge in [0.2, 0.25) is 0 Å². The van der Waals surface area contributed by atoms with Crippen molar-refractivity contribution in [2.24, 2.45) is 0 Å². The van der Waals surface area contributed by atoms with Crippen LogP contribution in [0.15, 0.2) is 72.9 Å². The predicted molar refractivity (Wildman–Crippen MR) is 125 cm³/mol. The van der Waals surface area contributed by atoms with Crippen LogP contribution in [0.25, 0.3) is 0 Å². The molecule has 1 saturated heterocycles. The van der Waals surface area contributed by atoms with Gasteiger partial charge in [0.15, 0.2) is 0 Å². The topological polar surface area (TPSA) is 82.6 Å². The van der Waals surface area contributed by atoms with Gasteiger partial charge in [0, 0.05) is 37.1 Å². The van der Waals surface area contributed by atoms with E-state index in [1.807, 2.05) is 54.6 Å². The second-order valence-electron chi connectivity index (χ2n) is 7.98. The van der Waals surface area contributed by atoms with Crippen LogP contribution in [0.5, 0.6) is 0 Å². The third-order valence-electron chi connectivity index (χ3n) is 5.69. The Kier molecular flexibility index (Phi) is 6.78. The summed E-state index contributed by atoms with van der Waals surface area (Å²) in [5, 5.41) is 2.89. The minimum atomic E-state index is -0.519. The molecule has 7 nitrogen and oxygen atoms in total. The first-order valence-electron chi connectivity index (χ1n) is 11.0. The molecule has 1 N–H and O–H groups in total. The Hall–Kier alpha value is -4.00. The smallest absolute Gasteiger partial charge is 0.312 e. The van der Waals surface area contributed by atoms with Gasteiger partial charge in [-0.25, -0.2) is 0 Å². The van der Waals surface area contributed by atoms with Gasteiger partial charge < -0.3 is 15.1 Å². The maximum absolute atomic E-state index is 12.6. The molecule has 1 aliphatic heterocycles. The Balaban J connectivity index is 1.33. The van der Waals surface area contributed by atoms with Crippen molar-refractivity contribution in [2.45, 2.75) is 26.4 Å². The molecule has 3 amide bonds. The summed E-state index contributed by atoms with van der Waals surface area (Å²) in [7, 11) is 0. The van der Waals surface area contributed by atoms with E-state index in [1.54, 1.807) is 23.2 Å². The Bertz CT molecular complexity index is 1130. The number of hydrogen-bond donors (Lipinski definition) is 1. The first kappa shape index (κ1) is 22.2. The van der Waals surface area contributed by atoms with Gasteiger partial charge in [0.05, 0.1) is 12.2 Å². The number of carbonyl (C=O) groups is 3. The molecule has 0 radical (unpaired) electrons. The Morgan fingerprint density at radius 3 is 2.09 bits per heavy atom. The first-order chi connectivity index (χ1) is 16.0. The molecule has 168 valence electrons. The minimum absolute atomic E-state index is 0.194. The number of pyridine rings is 1. The Morgan fingerprint density at radius 2 is 1.48 bits per heavy atom. The highest BCUT2D eigenvalue weighted by Gasteiger charge is 2.32. The largest absolute Gasteiger partial charge is 0.328 e. The predicted octanol–water partition coefficient (Wildman–Crippen LogP) is 3.27. The number of aromatic nitrogens is 1. The van der Waals surface area contributed by atoms with Crippen molar-refractivity contribution >= 4 is 23.4 Å². The quantitative estimate of drug-likeness (QED) is 0.570. The maximum Gasteiger partial charge on any atom is 0.312 e. The van der Waals surface area contributed by atoms with Gasteiger partial charge in [-0.1, -0.05) is 37.3 Å². The molecule has 1 aliphatic rings. The van der Waals surface area contributed by atoms with Crippen molar-refractivity contribution in [3.8, 4) is 0 Å². The normalized spacial score (nSPS) is 13.8. The van der Waals surface area contributed by atoms with Gasteiger partial charge in [-0.3, -0.25) is 19.4 Å². The number of benzene rings is 2. The molecular formula is C26H26N4O3. The Labute approximate surface area is 193 Å².